The molecule has 0 amide bonds. The van der Waals surface area contributed by atoms with Crippen molar-refractivity contribution in [1.82, 2.24) is 14.8 Å². The number of aliphatic hydroxyl groups is 1. The Kier molecular flexibility index (Phi) is 3.23. The van der Waals surface area contributed by atoms with E-state index >= 15 is 0 Å². The summed E-state index contributed by atoms with van der Waals surface area (Å²) in [6.45, 7) is 3.06. The summed E-state index contributed by atoms with van der Waals surface area (Å²) in [5.41, 5.74) is -0.938. The van der Waals surface area contributed by atoms with Crippen LogP contribution >= 0.6 is 0 Å². The molecule has 1 aliphatic heterocycles. The van der Waals surface area contributed by atoms with Crippen molar-refractivity contribution in [2.45, 2.75) is 25.3 Å². The van der Waals surface area contributed by atoms with Crippen LogP contribution in [0.15, 0.2) is 18.5 Å². The first-order valence-electron chi connectivity index (χ1n) is 5.54. The third kappa shape index (κ3) is 2.24. The van der Waals surface area contributed by atoms with Crippen LogP contribution in [0.25, 0.3) is 0 Å². The van der Waals surface area contributed by atoms with Crippen LogP contribution in [0.2, 0.25) is 6.82 Å². The Balaban J connectivity index is 2.07. The molecule has 16 heavy (non-hydrogen) atoms. The Labute approximate surface area is 95.3 Å². The molecule has 1 aliphatic rings. The van der Waals surface area contributed by atoms with Crippen LogP contribution in [-0.4, -0.2) is 45.0 Å². The van der Waals surface area contributed by atoms with Crippen molar-refractivity contribution in [2.75, 3.05) is 13.1 Å². The summed E-state index contributed by atoms with van der Waals surface area (Å²) in [5.74, 6) is 0.486. The smallest absolute Gasteiger partial charge is 0.376 e. The van der Waals surface area contributed by atoms with Crippen LogP contribution in [0.1, 0.15) is 18.7 Å². The Morgan fingerprint density at radius 3 is 2.38 bits per heavy atom. The van der Waals surface area contributed by atoms with Crippen molar-refractivity contribution in [2.24, 2.45) is 0 Å². The summed E-state index contributed by atoms with van der Waals surface area (Å²) < 4.78 is 0. The standard InChI is InChI=1S/C10H16BN3O2/c1-11(16)14-7-3-10(15,4-8-14)9-12-5-2-6-13-9/h2,5-6,15-16H,3-4,7-8H2,1H3. The molecule has 0 aliphatic carbocycles. The molecule has 1 fully saturated rings. The molecule has 1 aromatic rings. The molecule has 1 aromatic heterocycles. The number of hydrogen-bond donors (Lipinski definition) is 2. The highest BCUT2D eigenvalue weighted by Gasteiger charge is 2.37. The molecular formula is C10H16BN3O2. The SMILES string of the molecule is CB(O)N1CCC(O)(c2ncccn2)CC1. The van der Waals surface area contributed by atoms with Gasteiger partial charge in [-0.2, -0.15) is 0 Å². The number of hydrogen-bond acceptors (Lipinski definition) is 5. The highest BCUT2D eigenvalue weighted by atomic mass is 16.3. The second-order valence-electron chi connectivity index (χ2n) is 4.27. The van der Waals surface area contributed by atoms with Crippen LogP contribution in [0.5, 0.6) is 0 Å². The number of nitrogens with zero attached hydrogens (tertiary/aromatic N) is 3. The average molecular weight is 221 g/mol. The minimum Gasteiger partial charge on any atom is -0.437 e. The molecule has 5 nitrogen and oxygen atoms in total. The van der Waals surface area contributed by atoms with E-state index in [1.165, 1.54) is 0 Å². The fraction of sp³-hybridized carbons (Fsp3) is 0.600. The molecule has 2 rings (SSSR count). The molecule has 2 N–H and O–H groups in total. The van der Waals surface area contributed by atoms with E-state index in [-0.39, 0.29) is 0 Å². The highest BCUT2D eigenvalue weighted by Crippen LogP contribution is 2.30. The van der Waals surface area contributed by atoms with Crippen molar-refractivity contribution >= 4 is 7.05 Å². The van der Waals surface area contributed by atoms with Crippen LogP contribution in [-0.2, 0) is 5.60 Å². The first-order valence-corrected chi connectivity index (χ1v) is 5.54. The lowest BCUT2D eigenvalue weighted by molar-refractivity contribution is -0.0204. The lowest BCUT2D eigenvalue weighted by Crippen LogP contribution is -2.48. The van der Waals surface area contributed by atoms with Gasteiger partial charge in [0, 0.05) is 12.4 Å². The lowest BCUT2D eigenvalue weighted by Gasteiger charge is -2.37. The third-order valence-electron chi connectivity index (χ3n) is 3.14. The van der Waals surface area contributed by atoms with E-state index in [9.17, 15) is 10.1 Å². The fourth-order valence-corrected chi connectivity index (χ4v) is 2.03. The Morgan fingerprint density at radius 1 is 1.31 bits per heavy atom. The van der Waals surface area contributed by atoms with Crippen molar-refractivity contribution in [1.29, 1.82) is 0 Å². The molecule has 0 atom stereocenters. The van der Waals surface area contributed by atoms with E-state index < -0.39 is 12.7 Å². The van der Waals surface area contributed by atoms with E-state index in [0.717, 1.165) is 0 Å². The Morgan fingerprint density at radius 2 is 1.88 bits per heavy atom. The molecular weight excluding hydrogens is 205 g/mol. The van der Waals surface area contributed by atoms with Crippen LogP contribution in [0, 0.1) is 0 Å². The van der Waals surface area contributed by atoms with E-state index in [1.807, 2.05) is 4.81 Å². The molecule has 6 heteroatoms. The molecule has 0 aromatic carbocycles. The topological polar surface area (TPSA) is 69.5 Å². The summed E-state index contributed by atoms with van der Waals surface area (Å²) in [7, 11) is -0.457. The van der Waals surface area contributed by atoms with Gasteiger partial charge in [0.1, 0.15) is 5.60 Å². The summed E-state index contributed by atoms with van der Waals surface area (Å²) >= 11 is 0. The van der Waals surface area contributed by atoms with Gasteiger partial charge < -0.3 is 14.9 Å². The predicted molar refractivity (Wildman–Crippen MR) is 60.6 cm³/mol. The molecule has 0 radical (unpaired) electrons. The zero-order valence-electron chi connectivity index (χ0n) is 9.37. The van der Waals surface area contributed by atoms with Gasteiger partial charge in [-0.3, -0.25) is 0 Å². The van der Waals surface area contributed by atoms with Gasteiger partial charge in [0.05, 0.1) is 0 Å². The fourth-order valence-electron chi connectivity index (χ4n) is 2.03. The molecule has 0 spiro atoms. The van der Waals surface area contributed by atoms with Crippen molar-refractivity contribution in [3.63, 3.8) is 0 Å². The first-order chi connectivity index (χ1) is 7.62. The summed E-state index contributed by atoms with van der Waals surface area (Å²) in [6.07, 6.45) is 4.40. The van der Waals surface area contributed by atoms with Gasteiger partial charge in [0.15, 0.2) is 5.82 Å². The number of aromatic nitrogens is 2. The van der Waals surface area contributed by atoms with Crippen molar-refractivity contribution < 1.29 is 10.1 Å². The van der Waals surface area contributed by atoms with Crippen LogP contribution in [0.4, 0.5) is 0 Å². The number of rotatable bonds is 2. The van der Waals surface area contributed by atoms with E-state index in [4.69, 9.17) is 0 Å². The largest absolute Gasteiger partial charge is 0.437 e. The maximum absolute atomic E-state index is 10.4. The molecule has 0 unspecified atom stereocenters. The van der Waals surface area contributed by atoms with E-state index in [0.29, 0.717) is 31.8 Å². The number of piperidine rings is 1. The first kappa shape index (κ1) is 11.5. The maximum Gasteiger partial charge on any atom is 0.376 e. The normalized spacial score (nSPS) is 20.7. The van der Waals surface area contributed by atoms with Crippen molar-refractivity contribution in [3.8, 4) is 0 Å². The van der Waals surface area contributed by atoms with Gasteiger partial charge in [-0.25, -0.2) is 9.97 Å². The monoisotopic (exact) mass is 221 g/mol. The molecule has 0 bridgehead atoms. The minimum atomic E-state index is -0.938. The summed E-state index contributed by atoms with van der Waals surface area (Å²) in [6, 6.07) is 1.73. The van der Waals surface area contributed by atoms with Gasteiger partial charge >= 0.3 is 7.05 Å². The zero-order valence-corrected chi connectivity index (χ0v) is 9.37. The van der Waals surface area contributed by atoms with Crippen molar-refractivity contribution in [3.05, 3.63) is 24.3 Å². The summed E-state index contributed by atoms with van der Waals surface area (Å²) in [5, 5.41) is 19.8. The zero-order chi connectivity index (χ0) is 11.6. The van der Waals surface area contributed by atoms with Gasteiger partial charge in [0.2, 0.25) is 0 Å². The van der Waals surface area contributed by atoms with Gasteiger partial charge in [-0.1, -0.05) is 0 Å². The second-order valence-corrected chi connectivity index (χ2v) is 4.27. The quantitative estimate of drug-likeness (QED) is 0.681. The van der Waals surface area contributed by atoms with Crippen LogP contribution in [0.3, 0.4) is 0 Å². The maximum atomic E-state index is 10.4. The lowest BCUT2D eigenvalue weighted by atomic mass is 9.79. The third-order valence-corrected chi connectivity index (χ3v) is 3.14. The predicted octanol–water partition coefficient (Wildman–Crippen LogP) is -0.130. The highest BCUT2D eigenvalue weighted by molar-refractivity contribution is 6.45. The second kappa shape index (κ2) is 4.49. The van der Waals surface area contributed by atoms with E-state index in [2.05, 4.69) is 9.97 Å². The molecule has 0 saturated carbocycles. The average Bonchev–Trinajstić information content (AvgIpc) is 2.31. The van der Waals surface area contributed by atoms with Gasteiger partial charge in [-0.15, -0.1) is 0 Å². The molecule has 86 valence electrons. The Hall–Kier alpha value is -0.975. The van der Waals surface area contributed by atoms with Gasteiger partial charge in [0.25, 0.3) is 0 Å². The van der Waals surface area contributed by atoms with Crippen LogP contribution < -0.4 is 0 Å². The summed E-state index contributed by atoms with van der Waals surface area (Å²) in [4.78, 5) is 10.1. The molecule has 1 saturated heterocycles. The minimum absolute atomic E-state index is 0.457. The molecule has 2 heterocycles. The Bertz CT molecular complexity index is 339. The van der Waals surface area contributed by atoms with Gasteiger partial charge in [-0.05, 0) is 38.8 Å². The van der Waals surface area contributed by atoms with E-state index in [1.54, 1.807) is 25.3 Å².